The predicted molar refractivity (Wildman–Crippen MR) is 55.9 cm³/mol. The van der Waals surface area contributed by atoms with Gasteiger partial charge in [-0.2, -0.15) is 0 Å². The number of hydrogen-bond acceptors (Lipinski definition) is 3. The summed E-state index contributed by atoms with van der Waals surface area (Å²) in [6.07, 6.45) is 2.03. The number of rotatable bonds is 5. The third-order valence-electron chi connectivity index (χ3n) is 2.67. The van der Waals surface area contributed by atoms with Crippen LogP contribution >= 0.6 is 0 Å². The fourth-order valence-corrected chi connectivity index (χ4v) is 1.69. The van der Waals surface area contributed by atoms with Gasteiger partial charge in [-0.15, -0.1) is 0 Å². The molecular formula is C12H14O3. The summed E-state index contributed by atoms with van der Waals surface area (Å²) in [5.41, 5.74) is 1.22. The standard InChI is InChI=1S/C12H14O3/c1-14-8-15-11-4-2-9(3-5-11)12-6-10(12)7-13/h2-5,7,10,12H,6,8H2,1H3/t10-,12-/m0/s1. The Morgan fingerprint density at radius 1 is 1.40 bits per heavy atom. The highest BCUT2D eigenvalue weighted by atomic mass is 16.7. The van der Waals surface area contributed by atoms with E-state index in [0.29, 0.717) is 5.92 Å². The van der Waals surface area contributed by atoms with Gasteiger partial charge in [0.2, 0.25) is 0 Å². The van der Waals surface area contributed by atoms with E-state index in [-0.39, 0.29) is 12.7 Å². The van der Waals surface area contributed by atoms with E-state index in [9.17, 15) is 4.79 Å². The zero-order valence-electron chi connectivity index (χ0n) is 8.68. The van der Waals surface area contributed by atoms with Gasteiger partial charge in [-0.25, -0.2) is 0 Å². The summed E-state index contributed by atoms with van der Waals surface area (Å²) in [6, 6.07) is 7.85. The molecule has 0 bridgehead atoms. The van der Waals surface area contributed by atoms with E-state index in [0.717, 1.165) is 18.5 Å². The minimum atomic E-state index is 0.232. The summed E-state index contributed by atoms with van der Waals surface area (Å²) in [6.45, 7) is 0.264. The zero-order valence-corrected chi connectivity index (χ0v) is 8.68. The second-order valence-electron chi connectivity index (χ2n) is 3.76. The molecule has 0 aromatic heterocycles. The molecule has 0 heterocycles. The molecule has 0 unspecified atom stereocenters. The van der Waals surface area contributed by atoms with Gasteiger partial charge in [0.15, 0.2) is 6.79 Å². The van der Waals surface area contributed by atoms with Crippen molar-refractivity contribution < 1.29 is 14.3 Å². The smallest absolute Gasteiger partial charge is 0.188 e. The van der Waals surface area contributed by atoms with Gasteiger partial charge in [0, 0.05) is 13.0 Å². The van der Waals surface area contributed by atoms with Crippen LogP contribution in [0, 0.1) is 5.92 Å². The van der Waals surface area contributed by atoms with Gasteiger partial charge in [0.25, 0.3) is 0 Å². The lowest BCUT2D eigenvalue weighted by atomic mass is 10.1. The molecule has 1 aliphatic rings. The maximum absolute atomic E-state index is 10.5. The Morgan fingerprint density at radius 3 is 2.67 bits per heavy atom. The van der Waals surface area contributed by atoms with Crippen LogP contribution < -0.4 is 4.74 Å². The highest BCUT2D eigenvalue weighted by Crippen LogP contribution is 2.46. The maximum Gasteiger partial charge on any atom is 0.188 e. The molecule has 0 aliphatic heterocycles. The fourth-order valence-electron chi connectivity index (χ4n) is 1.69. The van der Waals surface area contributed by atoms with Gasteiger partial charge in [-0.3, -0.25) is 0 Å². The monoisotopic (exact) mass is 206 g/mol. The van der Waals surface area contributed by atoms with Crippen molar-refractivity contribution in [1.29, 1.82) is 0 Å². The molecule has 1 saturated carbocycles. The Kier molecular flexibility index (Phi) is 3.02. The van der Waals surface area contributed by atoms with Gasteiger partial charge in [0.1, 0.15) is 12.0 Å². The normalized spacial score (nSPS) is 23.5. The molecule has 1 aliphatic carbocycles. The molecule has 15 heavy (non-hydrogen) atoms. The Morgan fingerprint density at radius 2 is 2.13 bits per heavy atom. The number of benzene rings is 1. The summed E-state index contributed by atoms with van der Waals surface area (Å²) in [5, 5.41) is 0. The van der Waals surface area contributed by atoms with E-state index in [2.05, 4.69) is 0 Å². The van der Waals surface area contributed by atoms with Crippen LogP contribution in [0.15, 0.2) is 24.3 Å². The number of aldehydes is 1. The Balaban J connectivity index is 1.95. The topological polar surface area (TPSA) is 35.5 Å². The lowest BCUT2D eigenvalue weighted by Gasteiger charge is -2.05. The summed E-state index contributed by atoms with van der Waals surface area (Å²) in [5.74, 6) is 1.46. The zero-order chi connectivity index (χ0) is 10.7. The maximum atomic E-state index is 10.5. The van der Waals surface area contributed by atoms with Crippen molar-refractivity contribution in [3.05, 3.63) is 29.8 Å². The molecule has 80 valence electrons. The van der Waals surface area contributed by atoms with Crippen LogP contribution in [0.25, 0.3) is 0 Å². The van der Waals surface area contributed by atoms with Crippen LogP contribution in [0.1, 0.15) is 17.9 Å². The van der Waals surface area contributed by atoms with E-state index in [1.165, 1.54) is 5.56 Å². The second-order valence-corrected chi connectivity index (χ2v) is 3.76. The first kappa shape index (κ1) is 10.2. The quantitative estimate of drug-likeness (QED) is 0.545. The van der Waals surface area contributed by atoms with Crippen molar-refractivity contribution in [1.82, 2.24) is 0 Å². The van der Waals surface area contributed by atoms with Gasteiger partial charge in [0.05, 0.1) is 0 Å². The van der Waals surface area contributed by atoms with Gasteiger partial charge < -0.3 is 14.3 Å². The minimum Gasteiger partial charge on any atom is -0.468 e. The lowest BCUT2D eigenvalue weighted by molar-refractivity contribution is -0.108. The van der Waals surface area contributed by atoms with E-state index < -0.39 is 0 Å². The molecule has 1 fully saturated rings. The Hall–Kier alpha value is -1.35. The molecule has 1 aromatic rings. The summed E-state index contributed by atoms with van der Waals surface area (Å²) >= 11 is 0. The van der Waals surface area contributed by atoms with E-state index in [1.807, 2.05) is 24.3 Å². The molecule has 3 heteroatoms. The Bertz CT molecular complexity index is 331. The molecule has 2 rings (SSSR count). The SMILES string of the molecule is COCOc1ccc([C@@H]2C[C@H]2C=O)cc1. The van der Waals surface area contributed by atoms with Crippen LogP contribution in [0.5, 0.6) is 5.75 Å². The number of ether oxygens (including phenoxy) is 2. The number of hydrogen-bond donors (Lipinski definition) is 0. The molecular weight excluding hydrogens is 192 g/mol. The summed E-state index contributed by atoms with van der Waals surface area (Å²) in [4.78, 5) is 10.5. The third-order valence-corrected chi connectivity index (χ3v) is 2.67. The van der Waals surface area contributed by atoms with Crippen molar-refractivity contribution in [2.45, 2.75) is 12.3 Å². The first-order valence-electron chi connectivity index (χ1n) is 5.02. The molecule has 3 nitrogen and oxygen atoms in total. The summed E-state index contributed by atoms with van der Waals surface area (Å²) in [7, 11) is 1.59. The summed E-state index contributed by atoms with van der Waals surface area (Å²) < 4.78 is 10.1. The van der Waals surface area contributed by atoms with Crippen LogP contribution in [0.4, 0.5) is 0 Å². The van der Waals surface area contributed by atoms with Crippen LogP contribution in [-0.4, -0.2) is 20.2 Å². The highest BCUT2D eigenvalue weighted by Gasteiger charge is 2.37. The predicted octanol–water partition coefficient (Wildman–Crippen LogP) is 1.97. The first-order valence-corrected chi connectivity index (χ1v) is 5.02. The average Bonchev–Trinajstić information content (AvgIpc) is 3.06. The molecule has 1 aromatic carbocycles. The number of carbonyl (C=O) groups excluding carboxylic acids is 1. The van der Waals surface area contributed by atoms with Gasteiger partial charge >= 0.3 is 0 Å². The molecule has 0 amide bonds. The first-order chi connectivity index (χ1) is 7.35. The largest absolute Gasteiger partial charge is 0.468 e. The van der Waals surface area contributed by atoms with Gasteiger partial charge in [-0.05, 0) is 30.0 Å². The van der Waals surface area contributed by atoms with Crippen LogP contribution in [0.2, 0.25) is 0 Å². The van der Waals surface area contributed by atoms with Crippen molar-refractivity contribution in [3.8, 4) is 5.75 Å². The third kappa shape index (κ3) is 2.36. The molecule has 2 atom stereocenters. The Labute approximate surface area is 89.0 Å². The van der Waals surface area contributed by atoms with Crippen molar-refractivity contribution in [2.24, 2.45) is 5.92 Å². The van der Waals surface area contributed by atoms with E-state index in [1.54, 1.807) is 7.11 Å². The van der Waals surface area contributed by atoms with Crippen molar-refractivity contribution in [3.63, 3.8) is 0 Å². The average molecular weight is 206 g/mol. The van der Waals surface area contributed by atoms with Crippen LogP contribution in [-0.2, 0) is 9.53 Å². The number of carbonyl (C=O) groups is 1. The highest BCUT2D eigenvalue weighted by molar-refractivity contribution is 5.61. The number of methoxy groups -OCH3 is 1. The molecule has 0 radical (unpaired) electrons. The lowest BCUT2D eigenvalue weighted by Crippen LogP contribution is -1.98. The molecule has 0 saturated heterocycles. The molecule has 0 N–H and O–H groups in total. The van der Waals surface area contributed by atoms with Crippen molar-refractivity contribution >= 4 is 6.29 Å². The van der Waals surface area contributed by atoms with Crippen LogP contribution in [0.3, 0.4) is 0 Å². The van der Waals surface area contributed by atoms with Crippen molar-refractivity contribution in [2.75, 3.05) is 13.9 Å². The second kappa shape index (κ2) is 4.45. The molecule has 0 spiro atoms. The van der Waals surface area contributed by atoms with E-state index >= 15 is 0 Å². The minimum absolute atomic E-state index is 0.232. The van der Waals surface area contributed by atoms with E-state index in [4.69, 9.17) is 9.47 Å². The van der Waals surface area contributed by atoms with Gasteiger partial charge in [-0.1, -0.05) is 12.1 Å². The fraction of sp³-hybridized carbons (Fsp3) is 0.417.